The van der Waals surface area contributed by atoms with Crippen LogP contribution < -0.4 is 5.32 Å². The van der Waals surface area contributed by atoms with Gasteiger partial charge in [0.1, 0.15) is 0 Å². The lowest BCUT2D eigenvalue weighted by Gasteiger charge is -2.34. The molecule has 1 N–H and O–H groups in total. The average Bonchev–Trinajstić information content (AvgIpc) is 2.64. The highest BCUT2D eigenvalue weighted by atomic mass is 35.5. The van der Waals surface area contributed by atoms with Crippen LogP contribution in [-0.4, -0.2) is 62.3 Å². The molecule has 1 amide bonds. The Morgan fingerprint density at radius 2 is 1.89 bits per heavy atom. The van der Waals surface area contributed by atoms with Crippen molar-refractivity contribution in [3.05, 3.63) is 29.3 Å². The van der Waals surface area contributed by atoms with Gasteiger partial charge in [-0.25, -0.2) is 8.42 Å². The number of halogens is 1. The van der Waals surface area contributed by atoms with Crippen LogP contribution in [0, 0.1) is 5.92 Å². The fraction of sp³-hybridized carbons (Fsp3) is 0.632. The number of sulfonamides is 1. The van der Waals surface area contributed by atoms with Crippen LogP contribution in [0.1, 0.15) is 32.6 Å². The fourth-order valence-electron chi connectivity index (χ4n) is 3.89. The first-order chi connectivity index (χ1) is 12.9. The second kappa shape index (κ2) is 8.90. The molecule has 8 heteroatoms. The predicted molar refractivity (Wildman–Crippen MR) is 106 cm³/mol. The molecule has 0 unspecified atom stereocenters. The van der Waals surface area contributed by atoms with Crippen LogP contribution in [0.15, 0.2) is 29.2 Å². The molecule has 1 heterocycles. The number of carbonyl (C=O) groups is 1. The molecule has 1 saturated heterocycles. The van der Waals surface area contributed by atoms with Gasteiger partial charge in [-0.2, -0.15) is 4.31 Å². The molecule has 1 aromatic carbocycles. The van der Waals surface area contributed by atoms with Crippen LogP contribution in [-0.2, 0) is 14.8 Å². The molecule has 1 aromatic rings. The van der Waals surface area contributed by atoms with Gasteiger partial charge in [0.15, 0.2) is 0 Å². The summed E-state index contributed by atoms with van der Waals surface area (Å²) in [6, 6.07) is 6.61. The Kier molecular flexibility index (Phi) is 6.78. The number of amides is 1. The summed E-state index contributed by atoms with van der Waals surface area (Å²) >= 11 is 5.92. The second-order valence-electron chi connectivity index (χ2n) is 7.57. The summed E-state index contributed by atoms with van der Waals surface area (Å²) in [5.74, 6) is 0.572. The Labute approximate surface area is 166 Å². The van der Waals surface area contributed by atoms with Crippen molar-refractivity contribution in [2.45, 2.75) is 43.5 Å². The van der Waals surface area contributed by atoms with Gasteiger partial charge in [-0.05, 0) is 37.0 Å². The summed E-state index contributed by atoms with van der Waals surface area (Å²) in [5, 5.41) is 3.57. The van der Waals surface area contributed by atoms with Crippen molar-refractivity contribution < 1.29 is 13.2 Å². The first-order valence-corrected chi connectivity index (χ1v) is 11.5. The highest BCUT2D eigenvalue weighted by Gasteiger charge is 2.30. The standard InChI is InChI=1S/C19H28ClN3O3S/c1-15-5-2-3-8-18(15)21-19(24)14-22-9-11-23(12-10-22)27(25,26)17-7-4-6-16(20)13-17/h4,6-7,13,15,18H,2-3,5,8-12,14H2,1H3,(H,21,24)/t15-,18+/m0/s1. The van der Waals surface area contributed by atoms with Crippen molar-refractivity contribution >= 4 is 27.5 Å². The second-order valence-corrected chi connectivity index (χ2v) is 9.95. The molecule has 1 saturated carbocycles. The van der Waals surface area contributed by atoms with Gasteiger partial charge >= 0.3 is 0 Å². The van der Waals surface area contributed by atoms with Crippen molar-refractivity contribution in [2.24, 2.45) is 5.92 Å². The SMILES string of the molecule is C[C@H]1CCCC[C@H]1NC(=O)CN1CCN(S(=O)(=O)c2cccc(Cl)c2)CC1. The maximum absolute atomic E-state index is 12.7. The molecule has 1 aliphatic heterocycles. The molecule has 0 spiro atoms. The molecule has 1 aliphatic carbocycles. The molecule has 3 rings (SSSR count). The number of benzene rings is 1. The van der Waals surface area contributed by atoms with Crippen LogP contribution in [0.3, 0.4) is 0 Å². The van der Waals surface area contributed by atoms with Crippen molar-refractivity contribution in [1.82, 2.24) is 14.5 Å². The normalized spacial score (nSPS) is 25.3. The zero-order valence-corrected chi connectivity index (χ0v) is 17.3. The number of hydrogen-bond donors (Lipinski definition) is 1. The molecule has 2 aliphatic rings. The predicted octanol–water partition coefficient (Wildman–Crippen LogP) is 2.34. The molecule has 6 nitrogen and oxygen atoms in total. The summed E-state index contributed by atoms with van der Waals surface area (Å²) in [4.78, 5) is 14.6. The van der Waals surface area contributed by atoms with Crippen LogP contribution in [0.2, 0.25) is 5.02 Å². The molecule has 27 heavy (non-hydrogen) atoms. The van der Waals surface area contributed by atoms with E-state index >= 15 is 0 Å². The van der Waals surface area contributed by atoms with E-state index in [0.29, 0.717) is 43.7 Å². The summed E-state index contributed by atoms with van der Waals surface area (Å²) in [6.45, 7) is 4.38. The minimum Gasteiger partial charge on any atom is -0.352 e. The largest absolute Gasteiger partial charge is 0.352 e. The van der Waals surface area contributed by atoms with Crippen molar-refractivity contribution in [3.8, 4) is 0 Å². The van der Waals surface area contributed by atoms with E-state index in [4.69, 9.17) is 11.6 Å². The Bertz CT molecular complexity index is 763. The van der Waals surface area contributed by atoms with Crippen molar-refractivity contribution in [1.29, 1.82) is 0 Å². The highest BCUT2D eigenvalue weighted by Crippen LogP contribution is 2.24. The third kappa shape index (κ3) is 5.22. The molecule has 2 atom stereocenters. The summed E-state index contributed by atoms with van der Waals surface area (Å²) in [6.07, 6.45) is 4.65. The zero-order valence-electron chi connectivity index (χ0n) is 15.7. The molecule has 150 valence electrons. The number of rotatable bonds is 5. The third-order valence-electron chi connectivity index (χ3n) is 5.59. The highest BCUT2D eigenvalue weighted by molar-refractivity contribution is 7.89. The van der Waals surface area contributed by atoms with Crippen LogP contribution >= 0.6 is 11.6 Å². The van der Waals surface area contributed by atoms with Gasteiger partial charge in [0.25, 0.3) is 0 Å². The van der Waals surface area contributed by atoms with Gasteiger partial charge in [0, 0.05) is 37.2 Å². The molecule has 0 radical (unpaired) electrons. The van der Waals surface area contributed by atoms with E-state index in [9.17, 15) is 13.2 Å². The number of nitrogens with one attached hydrogen (secondary N) is 1. The van der Waals surface area contributed by atoms with Gasteiger partial charge in [-0.15, -0.1) is 0 Å². The Morgan fingerprint density at radius 3 is 2.56 bits per heavy atom. The van der Waals surface area contributed by atoms with Crippen LogP contribution in [0.25, 0.3) is 0 Å². The average molecular weight is 414 g/mol. The number of hydrogen-bond acceptors (Lipinski definition) is 4. The van der Waals surface area contributed by atoms with Crippen LogP contribution in [0.4, 0.5) is 0 Å². The van der Waals surface area contributed by atoms with Gasteiger partial charge in [0.05, 0.1) is 11.4 Å². The Balaban J connectivity index is 1.50. The van der Waals surface area contributed by atoms with E-state index < -0.39 is 10.0 Å². The summed E-state index contributed by atoms with van der Waals surface area (Å²) in [5.41, 5.74) is 0. The minimum absolute atomic E-state index is 0.0416. The molecule has 0 aromatic heterocycles. The van der Waals surface area contributed by atoms with Gasteiger partial charge in [-0.3, -0.25) is 9.69 Å². The first kappa shape index (κ1) is 20.6. The number of carbonyl (C=O) groups excluding carboxylic acids is 1. The van der Waals surface area contributed by atoms with E-state index in [2.05, 4.69) is 12.2 Å². The summed E-state index contributed by atoms with van der Waals surface area (Å²) in [7, 11) is -3.54. The minimum atomic E-state index is -3.54. The lowest BCUT2D eigenvalue weighted by atomic mass is 9.86. The van der Waals surface area contributed by atoms with E-state index in [1.165, 1.54) is 29.6 Å². The van der Waals surface area contributed by atoms with Crippen molar-refractivity contribution in [2.75, 3.05) is 32.7 Å². The Hall–Kier alpha value is -1.15. The van der Waals surface area contributed by atoms with Gasteiger partial charge in [-0.1, -0.05) is 37.4 Å². The molecular weight excluding hydrogens is 386 g/mol. The molecule has 2 fully saturated rings. The lowest BCUT2D eigenvalue weighted by Crippen LogP contribution is -2.52. The Morgan fingerprint density at radius 1 is 1.19 bits per heavy atom. The van der Waals surface area contributed by atoms with Crippen molar-refractivity contribution in [3.63, 3.8) is 0 Å². The number of nitrogens with zero attached hydrogens (tertiary/aromatic N) is 2. The quantitative estimate of drug-likeness (QED) is 0.804. The smallest absolute Gasteiger partial charge is 0.243 e. The maximum atomic E-state index is 12.7. The van der Waals surface area contributed by atoms with Crippen LogP contribution in [0.5, 0.6) is 0 Å². The first-order valence-electron chi connectivity index (χ1n) is 9.64. The van der Waals surface area contributed by atoms with E-state index in [-0.39, 0.29) is 16.8 Å². The third-order valence-corrected chi connectivity index (χ3v) is 7.72. The fourth-order valence-corrected chi connectivity index (χ4v) is 5.61. The summed E-state index contributed by atoms with van der Waals surface area (Å²) < 4.78 is 26.9. The van der Waals surface area contributed by atoms with Gasteiger partial charge in [0.2, 0.25) is 15.9 Å². The molecule has 0 bridgehead atoms. The lowest BCUT2D eigenvalue weighted by molar-refractivity contribution is -0.123. The van der Waals surface area contributed by atoms with E-state index in [1.54, 1.807) is 18.2 Å². The maximum Gasteiger partial charge on any atom is 0.243 e. The molecular formula is C19H28ClN3O3S. The number of piperazine rings is 1. The van der Waals surface area contributed by atoms with Gasteiger partial charge < -0.3 is 5.32 Å². The topological polar surface area (TPSA) is 69.7 Å². The zero-order chi connectivity index (χ0) is 19.4. The van der Waals surface area contributed by atoms with E-state index in [1.807, 2.05) is 4.90 Å². The van der Waals surface area contributed by atoms with E-state index in [0.717, 1.165) is 6.42 Å². The monoisotopic (exact) mass is 413 g/mol.